The summed E-state index contributed by atoms with van der Waals surface area (Å²) in [6.45, 7) is 1.72. The molecule has 3 heterocycles. The fourth-order valence-electron chi connectivity index (χ4n) is 4.59. The normalized spacial score (nSPS) is 12.2. The molecule has 0 fully saturated rings. The fourth-order valence-corrected chi connectivity index (χ4v) is 8.46. The molecule has 0 aliphatic rings. The molecule has 0 saturated heterocycles. The Kier molecular flexibility index (Phi) is 7.80. The summed E-state index contributed by atoms with van der Waals surface area (Å²) in [7, 11) is -2.97. The number of hydrogen-bond donors (Lipinski definition) is 1. The Morgan fingerprint density at radius 1 is 1.02 bits per heavy atom. The number of nitrogens with zero attached hydrogens (tertiary/aromatic N) is 4. The van der Waals surface area contributed by atoms with Gasteiger partial charge in [0, 0.05) is 6.26 Å². The third kappa shape index (κ3) is 6.34. The number of rotatable bonds is 10. The van der Waals surface area contributed by atoms with E-state index in [0.717, 1.165) is 33.8 Å². The average molecular weight is 630 g/mol. The van der Waals surface area contributed by atoms with Crippen molar-refractivity contribution in [3.63, 3.8) is 0 Å². The minimum atomic E-state index is -2.97. The van der Waals surface area contributed by atoms with Gasteiger partial charge in [-0.1, -0.05) is 0 Å². The first kappa shape index (κ1) is 26.8. The van der Waals surface area contributed by atoms with Crippen LogP contribution in [0.4, 0.5) is 0 Å². The molecule has 40 heavy (non-hydrogen) atoms. The molecule has 0 saturated carbocycles. The van der Waals surface area contributed by atoms with Crippen LogP contribution in [-0.2, 0) is 22.9 Å². The molecule has 0 amide bonds. The third-order valence-corrected chi connectivity index (χ3v) is 11.2. The zero-order chi connectivity index (χ0) is 27.5. The zero-order valence-electron chi connectivity index (χ0n) is 21.9. The summed E-state index contributed by atoms with van der Waals surface area (Å²) < 4.78 is 27.4. The molecule has 1 unspecified atom stereocenters. The van der Waals surface area contributed by atoms with Gasteiger partial charge in [0.1, 0.15) is 9.84 Å². The number of benzene rings is 3. The van der Waals surface area contributed by atoms with Gasteiger partial charge in [0.05, 0.1) is 0 Å². The van der Waals surface area contributed by atoms with Crippen molar-refractivity contribution in [3.05, 3.63) is 102 Å². The van der Waals surface area contributed by atoms with Gasteiger partial charge in [-0.25, -0.2) is 8.42 Å². The standard InChI is InChI=1S/C30H28AsN5O2S2/c1-40(37,38)14-13-32-18-25-20-39-30(35-25)22-7-9-26-27(11-12-33-28(26)16-22)31-24-8-10-29-23(15-24)17-34-36(29)19-21-5-3-2-4-6-21/h2-12,15-17,20,31-32H,13-14,18-19H2,1H3. The van der Waals surface area contributed by atoms with Crippen LogP contribution in [0.1, 0.15) is 11.3 Å². The SMILES string of the molecule is CS(=O)(=O)CCNCc1csc(-c2ccc3c([AsH]c4ccc5c(cnn5Cc5ccccc5)c4)ccnc3c2)n1. The van der Waals surface area contributed by atoms with Crippen molar-refractivity contribution < 1.29 is 8.42 Å². The van der Waals surface area contributed by atoms with Crippen molar-refractivity contribution in [1.82, 2.24) is 25.1 Å². The van der Waals surface area contributed by atoms with Gasteiger partial charge >= 0.3 is 220 Å². The molecule has 6 aromatic rings. The first-order chi connectivity index (χ1) is 19.4. The Morgan fingerprint density at radius 3 is 2.75 bits per heavy atom. The van der Waals surface area contributed by atoms with Crippen molar-refractivity contribution in [2.24, 2.45) is 0 Å². The summed E-state index contributed by atoms with van der Waals surface area (Å²) in [5.74, 6) is 0.122. The van der Waals surface area contributed by atoms with Crippen molar-refractivity contribution in [1.29, 1.82) is 0 Å². The molecule has 3 aromatic heterocycles. The second-order valence-electron chi connectivity index (χ2n) is 9.73. The Labute approximate surface area is 243 Å². The van der Waals surface area contributed by atoms with Crippen molar-refractivity contribution in [2.45, 2.75) is 13.1 Å². The quantitative estimate of drug-likeness (QED) is 0.185. The number of nitrogens with one attached hydrogen (secondary N) is 1. The van der Waals surface area contributed by atoms with Crippen LogP contribution >= 0.6 is 11.3 Å². The maximum absolute atomic E-state index is 11.3. The molecule has 202 valence electrons. The second kappa shape index (κ2) is 11.6. The molecule has 0 spiro atoms. The maximum atomic E-state index is 11.3. The van der Waals surface area contributed by atoms with Gasteiger partial charge in [-0.05, 0) is 0 Å². The van der Waals surface area contributed by atoms with E-state index in [-0.39, 0.29) is 5.75 Å². The molecule has 10 heteroatoms. The van der Waals surface area contributed by atoms with Gasteiger partial charge < -0.3 is 0 Å². The molecule has 0 bridgehead atoms. The first-order valence-corrected chi connectivity index (χ1v) is 17.9. The van der Waals surface area contributed by atoms with Crippen molar-refractivity contribution in [3.8, 4) is 10.6 Å². The van der Waals surface area contributed by atoms with Crippen molar-refractivity contribution >= 4 is 67.4 Å². The predicted octanol–water partition coefficient (Wildman–Crippen LogP) is 3.28. The summed E-state index contributed by atoms with van der Waals surface area (Å²) in [5.41, 5.74) is 5.31. The number of sulfone groups is 1. The summed E-state index contributed by atoms with van der Waals surface area (Å²) in [6.07, 6.45) is 5.12. The van der Waals surface area contributed by atoms with Crippen LogP contribution in [0.2, 0.25) is 0 Å². The monoisotopic (exact) mass is 629 g/mol. The molecule has 6 rings (SSSR count). The molecule has 3 aromatic carbocycles. The van der Waals surface area contributed by atoms with E-state index in [1.165, 1.54) is 31.3 Å². The second-order valence-corrected chi connectivity index (χ2v) is 15.7. The number of fused-ring (bicyclic) bond motifs is 2. The molecular formula is C30H28AsN5O2S2. The van der Waals surface area contributed by atoms with Gasteiger partial charge in [-0.3, -0.25) is 0 Å². The summed E-state index contributed by atoms with van der Waals surface area (Å²) >= 11 is 1.01. The van der Waals surface area contributed by atoms with Gasteiger partial charge in [0.25, 0.3) is 0 Å². The molecule has 0 radical (unpaired) electrons. The minimum absolute atomic E-state index is 0.122. The molecule has 0 aliphatic carbocycles. The predicted molar refractivity (Wildman–Crippen MR) is 166 cm³/mol. The topological polar surface area (TPSA) is 89.8 Å². The van der Waals surface area contributed by atoms with Gasteiger partial charge in [0.2, 0.25) is 0 Å². The number of aromatic nitrogens is 4. The Morgan fingerprint density at radius 2 is 1.90 bits per heavy atom. The fraction of sp³-hybridized carbons (Fsp3) is 0.167. The molecule has 7 nitrogen and oxygen atoms in total. The summed E-state index contributed by atoms with van der Waals surface area (Å²) in [6, 6.07) is 25.7. The van der Waals surface area contributed by atoms with E-state index in [9.17, 15) is 8.42 Å². The number of hydrogen-bond acceptors (Lipinski definition) is 7. The van der Waals surface area contributed by atoms with Gasteiger partial charge in [-0.2, -0.15) is 0 Å². The zero-order valence-corrected chi connectivity index (χ0v) is 25.6. The van der Waals surface area contributed by atoms with Gasteiger partial charge in [-0.15, -0.1) is 0 Å². The van der Waals surface area contributed by atoms with E-state index in [1.807, 2.05) is 23.8 Å². The average Bonchev–Trinajstić information content (AvgIpc) is 3.58. The summed E-state index contributed by atoms with van der Waals surface area (Å²) in [5, 5.41) is 13.1. The summed E-state index contributed by atoms with van der Waals surface area (Å²) in [4.78, 5) is 9.41. The molecule has 1 atom stereocenters. The van der Waals surface area contributed by atoms with E-state index < -0.39 is 25.6 Å². The van der Waals surface area contributed by atoms with E-state index in [0.29, 0.717) is 13.1 Å². The Balaban J connectivity index is 1.17. The van der Waals surface area contributed by atoms with E-state index in [4.69, 9.17) is 4.98 Å². The number of thiazole rings is 1. The van der Waals surface area contributed by atoms with Crippen LogP contribution in [0, 0.1) is 0 Å². The van der Waals surface area contributed by atoms with E-state index in [1.54, 1.807) is 11.3 Å². The van der Waals surface area contributed by atoms with Crippen LogP contribution in [0.3, 0.4) is 0 Å². The van der Waals surface area contributed by atoms with E-state index in [2.05, 4.69) is 86.8 Å². The first-order valence-electron chi connectivity index (χ1n) is 12.9. The molecule has 1 N–H and O–H groups in total. The number of pyridine rings is 1. The van der Waals surface area contributed by atoms with Crippen LogP contribution < -0.4 is 14.0 Å². The van der Waals surface area contributed by atoms with Crippen molar-refractivity contribution in [2.75, 3.05) is 18.6 Å². The molecule has 0 aliphatic heterocycles. The van der Waals surface area contributed by atoms with Crippen LogP contribution in [0.5, 0.6) is 0 Å². The Hall–Kier alpha value is -3.36. The van der Waals surface area contributed by atoms with Crippen LogP contribution in [0.25, 0.3) is 32.4 Å². The Bertz CT molecular complexity index is 1900. The third-order valence-electron chi connectivity index (χ3n) is 6.59. The molecular weight excluding hydrogens is 601 g/mol. The van der Waals surface area contributed by atoms with Crippen LogP contribution in [-0.4, -0.2) is 62.5 Å². The van der Waals surface area contributed by atoms with Gasteiger partial charge in [0.15, 0.2) is 0 Å². The van der Waals surface area contributed by atoms with Crippen LogP contribution in [0.15, 0.2) is 90.6 Å². The van der Waals surface area contributed by atoms with E-state index >= 15 is 0 Å².